The number of hydrogen-bond acceptors (Lipinski definition) is 2. The van der Waals surface area contributed by atoms with Gasteiger partial charge in [-0.3, -0.25) is 0 Å². The van der Waals surface area contributed by atoms with Gasteiger partial charge in [-0.15, -0.1) is 0 Å². The lowest BCUT2D eigenvalue weighted by molar-refractivity contribution is 0.466. The van der Waals surface area contributed by atoms with Crippen molar-refractivity contribution in [3.63, 3.8) is 0 Å². The van der Waals surface area contributed by atoms with Crippen LogP contribution < -0.4 is 10.1 Å². The Morgan fingerprint density at radius 3 is 2.53 bits per heavy atom. The summed E-state index contributed by atoms with van der Waals surface area (Å²) in [7, 11) is 0. The normalized spacial score (nSPS) is 10.7. The maximum Gasteiger partial charge on any atom is 0.132 e. The molecular weight excluding hydrogens is 241 g/mol. The highest BCUT2D eigenvalue weighted by Gasteiger charge is 2.07. The van der Waals surface area contributed by atoms with E-state index in [1.54, 1.807) is 6.07 Å². The number of benzene rings is 2. The molecule has 0 aliphatic rings. The Hall–Kier alpha value is -1.87. The molecule has 0 saturated heterocycles. The molecule has 1 N–H and O–H groups in total. The van der Waals surface area contributed by atoms with Gasteiger partial charge in [-0.1, -0.05) is 32.0 Å². The van der Waals surface area contributed by atoms with Crippen molar-refractivity contribution in [2.75, 3.05) is 0 Å². The molecule has 0 fully saturated rings. The van der Waals surface area contributed by atoms with E-state index in [2.05, 4.69) is 19.2 Å². The second-order valence-electron chi connectivity index (χ2n) is 4.70. The van der Waals surface area contributed by atoms with Crippen LogP contribution in [0.5, 0.6) is 11.5 Å². The van der Waals surface area contributed by atoms with Crippen molar-refractivity contribution in [3.05, 3.63) is 59.9 Å². The zero-order chi connectivity index (χ0) is 13.7. The minimum atomic E-state index is -0.249. The molecule has 0 aliphatic heterocycles. The predicted molar refractivity (Wildman–Crippen MR) is 74.9 cm³/mol. The summed E-state index contributed by atoms with van der Waals surface area (Å²) in [5.74, 6) is 1.18. The first-order chi connectivity index (χ1) is 9.15. The summed E-state index contributed by atoms with van der Waals surface area (Å²) in [6, 6.07) is 14.4. The molecule has 0 radical (unpaired) electrons. The minimum absolute atomic E-state index is 0.249. The number of ether oxygens (including phenoxy) is 1. The van der Waals surface area contributed by atoms with Gasteiger partial charge in [0.2, 0.25) is 0 Å². The summed E-state index contributed by atoms with van der Waals surface area (Å²) >= 11 is 0. The van der Waals surface area contributed by atoms with Crippen LogP contribution in [0, 0.1) is 5.82 Å². The van der Waals surface area contributed by atoms with Crippen LogP contribution in [0.4, 0.5) is 4.39 Å². The molecule has 2 nitrogen and oxygen atoms in total. The fourth-order valence-corrected chi connectivity index (χ4v) is 1.72. The SMILES string of the molecule is CC(C)NCc1cc(F)ccc1Oc1ccccc1. The highest BCUT2D eigenvalue weighted by atomic mass is 19.1. The summed E-state index contributed by atoms with van der Waals surface area (Å²) < 4.78 is 19.1. The van der Waals surface area contributed by atoms with Gasteiger partial charge in [0.1, 0.15) is 17.3 Å². The smallest absolute Gasteiger partial charge is 0.132 e. The summed E-state index contributed by atoms with van der Waals surface area (Å²) in [6.07, 6.45) is 0. The van der Waals surface area contributed by atoms with E-state index < -0.39 is 0 Å². The van der Waals surface area contributed by atoms with Gasteiger partial charge in [-0.05, 0) is 30.3 Å². The summed E-state index contributed by atoms with van der Waals surface area (Å²) in [5.41, 5.74) is 0.817. The summed E-state index contributed by atoms with van der Waals surface area (Å²) in [6.45, 7) is 4.69. The molecular formula is C16H18FNO. The molecule has 0 heterocycles. The quantitative estimate of drug-likeness (QED) is 0.872. The van der Waals surface area contributed by atoms with Gasteiger partial charge in [0.15, 0.2) is 0 Å². The first kappa shape index (κ1) is 13.6. The average Bonchev–Trinajstić information content (AvgIpc) is 2.40. The summed E-state index contributed by atoms with van der Waals surface area (Å²) in [5, 5.41) is 3.27. The Balaban J connectivity index is 2.19. The molecule has 0 aromatic heterocycles. The van der Waals surface area contributed by atoms with Crippen LogP contribution in [-0.4, -0.2) is 6.04 Å². The van der Waals surface area contributed by atoms with Crippen molar-refractivity contribution in [1.29, 1.82) is 0 Å². The molecule has 0 saturated carbocycles. The van der Waals surface area contributed by atoms with Crippen LogP contribution in [-0.2, 0) is 6.54 Å². The lowest BCUT2D eigenvalue weighted by atomic mass is 10.2. The number of rotatable bonds is 5. The van der Waals surface area contributed by atoms with Crippen molar-refractivity contribution in [2.24, 2.45) is 0 Å². The van der Waals surface area contributed by atoms with E-state index in [1.165, 1.54) is 12.1 Å². The molecule has 0 atom stereocenters. The standard InChI is InChI=1S/C16H18FNO/c1-12(2)18-11-13-10-14(17)8-9-16(13)19-15-6-4-3-5-7-15/h3-10,12,18H,11H2,1-2H3. The molecule has 3 heteroatoms. The average molecular weight is 259 g/mol. The maximum atomic E-state index is 13.3. The van der Waals surface area contributed by atoms with E-state index in [9.17, 15) is 4.39 Å². The Morgan fingerprint density at radius 1 is 1.11 bits per heavy atom. The van der Waals surface area contributed by atoms with Gasteiger partial charge >= 0.3 is 0 Å². The molecule has 0 unspecified atom stereocenters. The molecule has 2 aromatic rings. The van der Waals surface area contributed by atoms with Crippen LogP contribution >= 0.6 is 0 Å². The number of nitrogens with one attached hydrogen (secondary N) is 1. The molecule has 0 spiro atoms. The monoisotopic (exact) mass is 259 g/mol. The van der Waals surface area contributed by atoms with Crippen LogP contribution in [0.3, 0.4) is 0 Å². The van der Waals surface area contributed by atoms with Gasteiger partial charge in [0.05, 0.1) is 0 Å². The third-order valence-corrected chi connectivity index (χ3v) is 2.69. The largest absolute Gasteiger partial charge is 0.457 e. The van der Waals surface area contributed by atoms with Crippen molar-refractivity contribution in [3.8, 4) is 11.5 Å². The first-order valence-corrected chi connectivity index (χ1v) is 6.40. The van der Waals surface area contributed by atoms with E-state index in [1.807, 2.05) is 30.3 Å². The van der Waals surface area contributed by atoms with Crippen LogP contribution in [0.25, 0.3) is 0 Å². The fourth-order valence-electron chi connectivity index (χ4n) is 1.72. The van der Waals surface area contributed by atoms with Crippen molar-refractivity contribution in [1.82, 2.24) is 5.32 Å². The zero-order valence-electron chi connectivity index (χ0n) is 11.2. The minimum Gasteiger partial charge on any atom is -0.457 e. The summed E-state index contributed by atoms with van der Waals surface area (Å²) in [4.78, 5) is 0. The Labute approximate surface area is 113 Å². The molecule has 0 bridgehead atoms. The number of halogens is 1. The highest BCUT2D eigenvalue weighted by Crippen LogP contribution is 2.25. The second-order valence-corrected chi connectivity index (χ2v) is 4.70. The van der Waals surface area contributed by atoms with Gasteiger partial charge in [0, 0.05) is 18.2 Å². The molecule has 100 valence electrons. The fraction of sp³-hybridized carbons (Fsp3) is 0.250. The Bertz CT molecular complexity index is 526. The molecule has 0 aliphatic carbocycles. The first-order valence-electron chi connectivity index (χ1n) is 6.40. The Kier molecular flexibility index (Phi) is 4.53. The second kappa shape index (κ2) is 6.34. The van der Waals surface area contributed by atoms with E-state index in [4.69, 9.17) is 4.74 Å². The van der Waals surface area contributed by atoms with Gasteiger partial charge in [0.25, 0.3) is 0 Å². The van der Waals surface area contributed by atoms with Crippen LogP contribution in [0.1, 0.15) is 19.4 Å². The lowest BCUT2D eigenvalue weighted by Crippen LogP contribution is -2.22. The van der Waals surface area contributed by atoms with Crippen LogP contribution in [0.2, 0.25) is 0 Å². The van der Waals surface area contributed by atoms with Gasteiger partial charge in [-0.2, -0.15) is 0 Å². The van der Waals surface area contributed by atoms with E-state index in [0.29, 0.717) is 18.3 Å². The third-order valence-electron chi connectivity index (χ3n) is 2.69. The topological polar surface area (TPSA) is 21.3 Å². The van der Waals surface area contributed by atoms with Crippen molar-refractivity contribution in [2.45, 2.75) is 26.4 Å². The molecule has 19 heavy (non-hydrogen) atoms. The molecule has 2 rings (SSSR count). The van der Waals surface area contributed by atoms with Gasteiger partial charge < -0.3 is 10.1 Å². The van der Waals surface area contributed by atoms with E-state index in [0.717, 1.165) is 11.3 Å². The molecule has 0 amide bonds. The Morgan fingerprint density at radius 2 is 1.84 bits per heavy atom. The zero-order valence-corrected chi connectivity index (χ0v) is 11.2. The number of para-hydroxylation sites is 1. The predicted octanol–water partition coefficient (Wildman–Crippen LogP) is 4.12. The van der Waals surface area contributed by atoms with E-state index >= 15 is 0 Å². The highest BCUT2D eigenvalue weighted by molar-refractivity contribution is 5.38. The van der Waals surface area contributed by atoms with Crippen LogP contribution in [0.15, 0.2) is 48.5 Å². The molecule has 2 aromatic carbocycles. The maximum absolute atomic E-state index is 13.3. The van der Waals surface area contributed by atoms with Gasteiger partial charge in [-0.25, -0.2) is 4.39 Å². The number of hydrogen-bond donors (Lipinski definition) is 1. The lowest BCUT2D eigenvalue weighted by Gasteiger charge is -2.13. The van der Waals surface area contributed by atoms with Crippen molar-refractivity contribution >= 4 is 0 Å². The third kappa shape index (κ3) is 4.07. The van der Waals surface area contributed by atoms with Crippen molar-refractivity contribution < 1.29 is 9.13 Å². The van der Waals surface area contributed by atoms with E-state index in [-0.39, 0.29) is 5.82 Å².